The molecule has 1 N–H and O–H groups in total. The molecule has 1 heterocycles. The average molecular weight is 265 g/mol. The summed E-state index contributed by atoms with van der Waals surface area (Å²) in [4.78, 5) is 5.47. The number of nitrogens with one attached hydrogen (secondary N) is 1. The average Bonchev–Trinajstić information content (AvgIpc) is 2.35. The smallest absolute Gasteiger partial charge is 0.119 e. The molecule has 0 atom stereocenters. The van der Waals surface area contributed by atoms with Crippen molar-refractivity contribution in [2.75, 3.05) is 7.05 Å². The summed E-state index contributed by atoms with van der Waals surface area (Å²) in [5.74, 6) is 0. The van der Waals surface area contributed by atoms with Crippen LogP contribution in [-0.4, -0.2) is 12.0 Å². The Bertz CT molecular complexity index is 502. The second-order valence-corrected chi connectivity index (χ2v) is 4.97. The van der Waals surface area contributed by atoms with Crippen LogP contribution in [-0.2, 0) is 6.54 Å². The Labute approximate surface area is 110 Å². The normalized spacial score (nSPS) is 10.5. The zero-order valence-electron chi connectivity index (χ0n) is 9.48. The van der Waals surface area contributed by atoms with Gasteiger partial charge in [-0.15, -0.1) is 0 Å². The van der Waals surface area contributed by atoms with E-state index < -0.39 is 0 Å². The lowest BCUT2D eigenvalue weighted by molar-refractivity contribution is 0.803. The molecule has 17 heavy (non-hydrogen) atoms. The molecule has 4 heteroatoms. The van der Waals surface area contributed by atoms with E-state index in [1.165, 1.54) is 10.5 Å². The number of benzene rings is 1. The molecular formula is C13H13ClN2S. The van der Waals surface area contributed by atoms with Gasteiger partial charge in [-0.1, -0.05) is 41.6 Å². The van der Waals surface area contributed by atoms with Gasteiger partial charge in [0.15, 0.2) is 0 Å². The Morgan fingerprint density at radius 2 is 2.06 bits per heavy atom. The predicted molar refractivity (Wildman–Crippen MR) is 72.6 cm³/mol. The molecule has 0 unspecified atom stereocenters. The van der Waals surface area contributed by atoms with Crippen LogP contribution in [0.3, 0.4) is 0 Å². The Kier molecular flexibility index (Phi) is 4.42. The van der Waals surface area contributed by atoms with Crippen LogP contribution in [0.25, 0.3) is 0 Å². The molecule has 0 aliphatic carbocycles. The minimum absolute atomic E-state index is 0.691. The van der Waals surface area contributed by atoms with Crippen LogP contribution < -0.4 is 5.32 Å². The van der Waals surface area contributed by atoms with Crippen LogP contribution in [0.2, 0.25) is 5.02 Å². The third-order valence-corrected chi connectivity index (χ3v) is 3.83. The van der Waals surface area contributed by atoms with Gasteiger partial charge >= 0.3 is 0 Å². The highest BCUT2D eigenvalue weighted by molar-refractivity contribution is 7.99. The van der Waals surface area contributed by atoms with Gasteiger partial charge in [0.05, 0.1) is 5.02 Å². The molecule has 2 aromatic rings. The maximum absolute atomic E-state index is 6.10. The van der Waals surface area contributed by atoms with Gasteiger partial charge in [-0.2, -0.15) is 0 Å². The zero-order valence-corrected chi connectivity index (χ0v) is 11.1. The highest BCUT2D eigenvalue weighted by Crippen LogP contribution is 2.33. The number of rotatable bonds is 4. The summed E-state index contributed by atoms with van der Waals surface area (Å²) in [7, 11) is 1.94. The monoisotopic (exact) mass is 264 g/mol. The molecule has 0 fully saturated rings. The summed E-state index contributed by atoms with van der Waals surface area (Å²) in [6.45, 7) is 0.841. The number of halogens is 1. The first-order chi connectivity index (χ1) is 8.31. The molecule has 0 amide bonds. The summed E-state index contributed by atoms with van der Waals surface area (Å²) < 4.78 is 0. The minimum Gasteiger partial charge on any atom is -0.316 e. The van der Waals surface area contributed by atoms with Crippen molar-refractivity contribution in [3.8, 4) is 0 Å². The van der Waals surface area contributed by atoms with Gasteiger partial charge in [0, 0.05) is 17.6 Å². The fraction of sp³-hybridized carbons (Fsp3) is 0.154. The van der Waals surface area contributed by atoms with Gasteiger partial charge < -0.3 is 5.32 Å². The number of hydrogen-bond donors (Lipinski definition) is 1. The first-order valence-corrected chi connectivity index (χ1v) is 6.51. The second-order valence-electron chi connectivity index (χ2n) is 3.53. The lowest BCUT2D eigenvalue weighted by Crippen LogP contribution is -2.05. The summed E-state index contributed by atoms with van der Waals surface area (Å²) in [6.07, 6.45) is 1.76. The molecule has 1 aromatic heterocycles. The van der Waals surface area contributed by atoms with Crippen molar-refractivity contribution < 1.29 is 0 Å². The molecule has 2 nitrogen and oxygen atoms in total. The molecule has 88 valence electrons. The maximum Gasteiger partial charge on any atom is 0.119 e. The van der Waals surface area contributed by atoms with E-state index in [4.69, 9.17) is 11.6 Å². The Balaban J connectivity index is 2.27. The SMILES string of the molecule is CNCc1ccccc1Sc1ncccc1Cl. The van der Waals surface area contributed by atoms with E-state index in [-0.39, 0.29) is 0 Å². The molecule has 0 aliphatic heterocycles. The van der Waals surface area contributed by atoms with Gasteiger partial charge in [0.2, 0.25) is 0 Å². The quantitative estimate of drug-likeness (QED) is 0.913. The number of aromatic nitrogens is 1. The van der Waals surface area contributed by atoms with E-state index in [9.17, 15) is 0 Å². The van der Waals surface area contributed by atoms with E-state index in [1.54, 1.807) is 18.0 Å². The van der Waals surface area contributed by atoms with Crippen LogP contribution in [0.15, 0.2) is 52.5 Å². The second kappa shape index (κ2) is 6.05. The topological polar surface area (TPSA) is 24.9 Å². The summed E-state index contributed by atoms with van der Waals surface area (Å²) in [5, 5.41) is 4.69. The van der Waals surface area contributed by atoms with E-state index >= 15 is 0 Å². The molecule has 0 spiro atoms. The minimum atomic E-state index is 0.691. The molecule has 0 radical (unpaired) electrons. The zero-order chi connectivity index (χ0) is 12.1. The summed E-state index contributed by atoms with van der Waals surface area (Å²) >= 11 is 7.70. The largest absolute Gasteiger partial charge is 0.316 e. The standard InChI is InChI=1S/C13H13ClN2S/c1-15-9-10-5-2-3-7-12(10)17-13-11(14)6-4-8-16-13/h2-8,15H,9H2,1H3. The van der Waals surface area contributed by atoms with E-state index in [0.29, 0.717) is 5.02 Å². The van der Waals surface area contributed by atoms with Crippen LogP contribution >= 0.6 is 23.4 Å². The predicted octanol–water partition coefficient (Wildman–Crippen LogP) is 3.61. The van der Waals surface area contributed by atoms with Crippen LogP contribution in [0, 0.1) is 0 Å². The highest BCUT2D eigenvalue weighted by Gasteiger charge is 2.06. The Hall–Kier alpha value is -1.03. The first-order valence-electron chi connectivity index (χ1n) is 5.32. The Morgan fingerprint density at radius 3 is 2.82 bits per heavy atom. The number of hydrogen-bond acceptors (Lipinski definition) is 3. The molecule has 0 bridgehead atoms. The first kappa shape index (κ1) is 12.4. The Morgan fingerprint density at radius 1 is 1.24 bits per heavy atom. The van der Waals surface area contributed by atoms with Crippen molar-refractivity contribution in [1.82, 2.24) is 10.3 Å². The lowest BCUT2D eigenvalue weighted by Gasteiger charge is -2.08. The molecule has 1 aromatic carbocycles. The van der Waals surface area contributed by atoms with Crippen molar-refractivity contribution in [2.24, 2.45) is 0 Å². The highest BCUT2D eigenvalue weighted by atomic mass is 35.5. The molecule has 0 saturated heterocycles. The van der Waals surface area contributed by atoms with Crippen molar-refractivity contribution in [3.05, 3.63) is 53.2 Å². The molecular weight excluding hydrogens is 252 g/mol. The summed E-state index contributed by atoms with van der Waals surface area (Å²) in [6, 6.07) is 12.0. The number of pyridine rings is 1. The number of nitrogens with zero attached hydrogens (tertiary/aromatic N) is 1. The maximum atomic E-state index is 6.10. The third kappa shape index (κ3) is 3.22. The van der Waals surface area contributed by atoms with Gasteiger partial charge in [0.25, 0.3) is 0 Å². The fourth-order valence-electron chi connectivity index (χ4n) is 1.49. The van der Waals surface area contributed by atoms with E-state index in [0.717, 1.165) is 11.6 Å². The van der Waals surface area contributed by atoms with Gasteiger partial charge in [0.1, 0.15) is 5.03 Å². The molecule has 2 rings (SSSR count). The van der Waals surface area contributed by atoms with Crippen molar-refractivity contribution >= 4 is 23.4 Å². The fourth-order valence-corrected chi connectivity index (χ4v) is 2.63. The van der Waals surface area contributed by atoms with Gasteiger partial charge in [-0.3, -0.25) is 0 Å². The van der Waals surface area contributed by atoms with Crippen molar-refractivity contribution in [2.45, 2.75) is 16.5 Å². The summed E-state index contributed by atoms with van der Waals surface area (Å²) in [5.41, 5.74) is 1.25. The van der Waals surface area contributed by atoms with Gasteiger partial charge in [-0.05, 0) is 30.8 Å². The van der Waals surface area contributed by atoms with Gasteiger partial charge in [-0.25, -0.2) is 4.98 Å². The van der Waals surface area contributed by atoms with Crippen LogP contribution in [0.1, 0.15) is 5.56 Å². The van der Waals surface area contributed by atoms with Crippen LogP contribution in [0.5, 0.6) is 0 Å². The molecule has 0 saturated carbocycles. The van der Waals surface area contributed by atoms with Crippen LogP contribution in [0.4, 0.5) is 0 Å². The van der Waals surface area contributed by atoms with Crippen molar-refractivity contribution in [3.63, 3.8) is 0 Å². The van der Waals surface area contributed by atoms with Crippen molar-refractivity contribution in [1.29, 1.82) is 0 Å². The third-order valence-electron chi connectivity index (χ3n) is 2.27. The van der Waals surface area contributed by atoms with E-state index in [2.05, 4.69) is 22.4 Å². The molecule has 0 aliphatic rings. The lowest BCUT2D eigenvalue weighted by atomic mass is 10.2. The van der Waals surface area contributed by atoms with E-state index in [1.807, 2.05) is 31.3 Å².